The van der Waals surface area contributed by atoms with E-state index in [4.69, 9.17) is 9.47 Å². The third-order valence-electron chi connectivity index (χ3n) is 8.51. The van der Waals surface area contributed by atoms with Crippen LogP contribution in [0.15, 0.2) is 0 Å². The van der Waals surface area contributed by atoms with E-state index in [0.29, 0.717) is 25.0 Å². The third-order valence-corrected chi connectivity index (χ3v) is 8.51. The first-order valence-electron chi connectivity index (χ1n) is 14.9. The first-order chi connectivity index (χ1) is 16.5. The average molecular weight is 479 g/mol. The van der Waals surface area contributed by atoms with Gasteiger partial charge in [0.05, 0.1) is 25.0 Å². The van der Waals surface area contributed by atoms with E-state index in [-0.39, 0.29) is 35.6 Å². The van der Waals surface area contributed by atoms with Crippen LogP contribution in [0, 0.1) is 35.5 Å². The van der Waals surface area contributed by atoms with Crippen molar-refractivity contribution in [2.45, 2.75) is 130 Å². The Morgan fingerprint density at radius 1 is 0.588 bits per heavy atom. The topological polar surface area (TPSA) is 52.6 Å². The molecule has 0 aromatic rings. The Balaban J connectivity index is 1.95. The zero-order valence-corrected chi connectivity index (χ0v) is 22.8. The number of carbonyl (C=O) groups excluding carboxylic acids is 2. The molecule has 2 bridgehead atoms. The molecule has 4 heteroatoms. The van der Waals surface area contributed by atoms with Crippen molar-refractivity contribution in [3.8, 4) is 0 Å². The van der Waals surface area contributed by atoms with E-state index in [1.807, 2.05) is 0 Å². The molecule has 0 heterocycles. The van der Waals surface area contributed by atoms with Crippen molar-refractivity contribution in [2.75, 3.05) is 13.2 Å². The molecular formula is C30H54O4. The van der Waals surface area contributed by atoms with Gasteiger partial charge in [-0.1, -0.05) is 79.1 Å². The van der Waals surface area contributed by atoms with Crippen LogP contribution in [0.4, 0.5) is 0 Å². The van der Waals surface area contributed by atoms with Crippen molar-refractivity contribution >= 4 is 11.9 Å². The molecule has 0 aromatic heterocycles. The maximum absolute atomic E-state index is 13.3. The molecule has 3 aliphatic rings. The molecule has 4 unspecified atom stereocenters. The lowest BCUT2D eigenvalue weighted by Crippen LogP contribution is -2.49. The minimum atomic E-state index is -0.289. The highest BCUT2D eigenvalue weighted by Gasteiger charge is 2.51. The Kier molecular flexibility index (Phi) is 14.2. The lowest BCUT2D eigenvalue weighted by atomic mass is 9.58. The van der Waals surface area contributed by atoms with Gasteiger partial charge in [-0.25, -0.2) is 0 Å². The second kappa shape index (κ2) is 16.6. The van der Waals surface area contributed by atoms with Gasteiger partial charge in [-0.05, 0) is 75.0 Å². The van der Waals surface area contributed by atoms with Crippen LogP contribution < -0.4 is 0 Å². The van der Waals surface area contributed by atoms with E-state index in [1.165, 1.54) is 38.5 Å². The van der Waals surface area contributed by atoms with Crippen molar-refractivity contribution in [1.29, 1.82) is 0 Å². The molecule has 0 aromatic carbocycles. The lowest BCUT2D eigenvalue weighted by Gasteiger charge is -2.46. The number of rotatable bonds is 18. The molecule has 34 heavy (non-hydrogen) atoms. The number of unbranched alkanes of at least 4 members (excludes halogenated alkanes) is 4. The summed E-state index contributed by atoms with van der Waals surface area (Å²) in [6.45, 7) is 9.89. The summed E-state index contributed by atoms with van der Waals surface area (Å²) in [5.41, 5.74) is 0. The van der Waals surface area contributed by atoms with Gasteiger partial charge < -0.3 is 9.47 Å². The van der Waals surface area contributed by atoms with Gasteiger partial charge in [0.2, 0.25) is 0 Å². The first-order valence-corrected chi connectivity index (χ1v) is 14.9. The molecule has 0 saturated heterocycles. The fourth-order valence-corrected chi connectivity index (χ4v) is 6.52. The van der Waals surface area contributed by atoms with E-state index < -0.39 is 0 Å². The van der Waals surface area contributed by atoms with Gasteiger partial charge in [0.25, 0.3) is 0 Å². The zero-order valence-electron chi connectivity index (χ0n) is 22.8. The maximum atomic E-state index is 13.3. The fourth-order valence-electron chi connectivity index (χ4n) is 6.52. The standard InChI is InChI=1S/C30H54O4/c1-5-9-11-15-23(13-7-3)21-33-29(31)27-25-17-19-26(20-18-25)28(27)30(32)34-22-24(14-8-4)16-12-10-6-2/h23-28H,5-22H2,1-4H3. The normalized spacial score (nSPS) is 25.6. The Morgan fingerprint density at radius 2 is 0.971 bits per heavy atom. The van der Waals surface area contributed by atoms with E-state index >= 15 is 0 Å². The molecule has 0 spiro atoms. The number of ether oxygens (including phenoxy) is 2. The lowest BCUT2D eigenvalue weighted by molar-refractivity contribution is -0.174. The monoisotopic (exact) mass is 478 g/mol. The second-order valence-electron chi connectivity index (χ2n) is 11.3. The fraction of sp³-hybridized carbons (Fsp3) is 0.933. The van der Waals surface area contributed by atoms with Crippen molar-refractivity contribution in [1.82, 2.24) is 0 Å². The quantitative estimate of drug-likeness (QED) is 0.147. The maximum Gasteiger partial charge on any atom is 0.310 e. The molecule has 3 fully saturated rings. The SMILES string of the molecule is CCCCCC(CCC)COC(=O)C1C2CCC(CC2)C1C(=O)OCC(CCC)CCCCC. The van der Waals surface area contributed by atoms with Crippen LogP contribution in [-0.4, -0.2) is 25.2 Å². The van der Waals surface area contributed by atoms with Crippen molar-refractivity contribution in [3.05, 3.63) is 0 Å². The molecule has 4 nitrogen and oxygen atoms in total. The summed E-state index contributed by atoms with van der Waals surface area (Å²) in [4.78, 5) is 26.7. The molecule has 0 radical (unpaired) electrons. The third kappa shape index (κ3) is 9.19. The molecule has 0 N–H and O–H groups in total. The van der Waals surface area contributed by atoms with Gasteiger partial charge >= 0.3 is 11.9 Å². The highest BCUT2D eigenvalue weighted by Crippen LogP contribution is 2.50. The Morgan fingerprint density at radius 3 is 1.29 bits per heavy atom. The summed E-state index contributed by atoms with van der Waals surface area (Å²) < 4.78 is 11.9. The predicted molar refractivity (Wildman–Crippen MR) is 139 cm³/mol. The summed E-state index contributed by atoms with van der Waals surface area (Å²) in [5, 5.41) is 0. The van der Waals surface area contributed by atoms with Crippen LogP contribution in [0.5, 0.6) is 0 Å². The molecule has 0 aliphatic heterocycles. The summed E-state index contributed by atoms with van der Waals surface area (Å²) in [7, 11) is 0. The Hall–Kier alpha value is -1.06. The molecule has 0 amide bonds. The van der Waals surface area contributed by atoms with Gasteiger partial charge in [-0.15, -0.1) is 0 Å². The predicted octanol–water partition coefficient (Wildman–Crippen LogP) is 8.12. The van der Waals surface area contributed by atoms with Crippen molar-refractivity contribution in [2.24, 2.45) is 35.5 Å². The summed E-state index contributed by atoms with van der Waals surface area (Å²) in [6.07, 6.45) is 18.3. The van der Waals surface area contributed by atoms with Crippen LogP contribution in [-0.2, 0) is 19.1 Å². The number of hydrogen-bond donors (Lipinski definition) is 0. The van der Waals surface area contributed by atoms with Gasteiger partial charge in [0, 0.05) is 0 Å². The van der Waals surface area contributed by atoms with E-state index in [2.05, 4.69) is 27.7 Å². The van der Waals surface area contributed by atoms with Gasteiger partial charge in [-0.3, -0.25) is 9.59 Å². The minimum absolute atomic E-state index is 0.124. The average Bonchev–Trinajstić information content (AvgIpc) is 2.85. The van der Waals surface area contributed by atoms with E-state index in [9.17, 15) is 9.59 Å². The highest BCUT2D eigenvalue weighted by atomic mass is 16.5. The second-order valence-corrected chi connectivity index (χ2v) is 11.3. The van der Waals surface area contributed by atoms with Gasteiger partial charge in [0.15, 0.2) is 0 Å². The largest absolute Gasteiger partial charge is 0.465 e. The number of hydrogen-bond acceptors (Lipinski definition) is 4. The Bertz CT molecular complexity index is 516. The highest BCUT2D eigenvalue weighted by molar-refractivity contribution is 5.83. The Labute approximate surface area is 210 Å². The van der Waals surface area contributed by atoms with E-state index in [1.54, 1.807) is 0 Å². The van der Waals surface area contributed by atoms with Crippen LogP contribution in [0.2, 0.25) is 0 Å². The van der Waals surface area contributed by atoms with Crippen molar-refractivity contribution in [3.63, 3.8) is 0 Å². The molecular weight excluding hydrogens is 424 g/mol. The van der Waals surface area contributed by atoms with Gasteiger partial charge in [-0.2, -0.15) is 0 Å². The number of carbonyl (C=O) groups is 2. The van der Waals surface area contributed by atoms with Gasteiger partial charge in [0.1, 0.15) is 0 Å². The van der Waals surface area contributed by atoms with Crippen molar-refractivity contribution < 1.29 is 19.1 Å². The van der Waals surface area contributed by atoms with Crippen LogP contribution in [0.25, 0.3) is 0 Å². The summed E-state index contributed by atoms with van der Waals surface area (Å²) in [6, 6.07) is 0. The molecule has 3 rings (SSSR count). The van der Waals surface area contributed by atoms with Crippen LogP contribution in [0.3, 0.4) is 0 Å². The summed E-state index contributed by atoms with van der Waals surface area (Å²) in [5.74, 6) is 0.646. The van der Waals surface area contributed by atoms with Crippen LogP contribution >= 0.6 is 0 Å². The smallest absolute Gasteiger partial charge is 0.310 e. The van der Waals surface area contributed by atoms with Crippen LogP contribution in [0.1, 0.15) is 130 Å². The summed E-state index contributed by atoms with van der Waals surface area (Å²) >= 11 is 0. The number of fused-ring (bicyclic) bond motifs is 3. The first kappa shape index (κ1) is 29.2. The molecule has 3 aliphatic carbocycles. The molecule has 198 valence electrons. The zero-order chi connectivity index (χ0) is 24.8. The molecule has 3 saturated carbocycles. The molecule has 4 atom stereocenters. The number of esters is 2. The van der Waals surface area contributed by atoms with E-state index in [0.717, 1.165) is 64.2 Å². The minimum Gasteiger partial charge on any atom is -0.465 e.